The third-order valence-electron chi connectivity index (χ3n) is 5.51. The van der Waals surface area contributed by atoms with E-state index in [1.807, 2.05) is 30.3 Å². The van der Waals surface area contributed by atoms with Gasteiger partial charge in [-0.2, -0.15) is 0 Å². The maximum Gasteiger partial charge on any atom is 0.303 e. The summed E-state index contributed by atoms with van der Waals surface area (Å²) in [6, 6.07) is 12.6. The molecule has 1 aliphatic rings. The number of aliphatic carboxylic acids is 1. The molecule has 0 aromatic heterocycles. The normalized spacial score (nSPS) is 13.2. The Labute approximate surface area is 187 Å². The second kappa shape index (κ2) is 11.4. The van der Waals surface area contributed by atoms with E-state index in [1.165, 1.54) is 0 Å². The highest BCUT2D eigenvalue weighted by atomic mass is 16.7. The average Bonchev–Trinajstić information content (AvgIpc) is 3.23. The Morgan fingerprint density at radius 1 is 1.06 bits per heavy atom. The van der Waals surface area contributed by atoms with Crippen molar-refractivity contribution < 1.29 is 29.3 Å². The second-order valence-corrected chi connectivity index (χ2v) is 7.87. The Hall–Kier alpha value is -3.26. The largest absolute Gasteiger partial charge is 0.508 e. The molecule has 8 heteroatoms. The first kappa shape index (κ1) is 23.4. The van der Waals surface area contributed by atoms with Crippen LogP contribution in [0, 0.1) is 0 Å². The fourth-order valence-corrected chi connectivity index (χ4v) is 3.70. The zero-order chi connectivity index (χ0) is 22.9. The van der Waals surface area contributed by atoms with Gasteiger partial charge < -0.3 is 25.0 Å². The number of carbonyl (C=O) groups is 2. The number of phenols is 1. The molecule has 8 nitrogen and oxygen atoms in total. The number of aromatic hydroxyl groups is 1. The summed E-state index contributed by atoms with van der Waals surface area (Å²) in [5, 5.41) is 21.4. The third kappa shape index (κ3) is 6.88. The minimum Gasteiger partial charge on any atom is -0.508 e. The quantitative estimate of drug-likeness (QED) is 0.434. The van der Waals surface area contributed by atoms with Crippen molar-refractivity contribution in [2.24, 2.45) is 0 Å². The van der Waals surface area contributed by atoms with Crippen molar-refractivity contribution >= 4 is 11.9 Å². The van der Waals surface area contributed by atoms with E-state index < -0.39 is 5.97 Å². The average molecular weight is 443 g/mol. The number of carboxylic acid groups (broad SMARTS) is 1. The Morgan fingerprint density at radius 3 is 2.53 bits per heavy atom. The first-order valence-corrected chi connectivity index (χ1v) is 10.8. The van der Waals surface area contributed by atoms with Crippen LogP contribution in [0.2, 0.25) is 0 Å². The number of nitrogens with zero attached hydrogens (tertiary/aromatic N) is 1. The fourth-order valence-electron chi connectivity index (χ4n) is 3.70. The number of benzene rings is 2. The van der Waals surface area contributed by atoms with Crippen LogP contribution in [0.25, 0.3) is 0 Å². The van der Waals surface area contributed by atoms with Crippen molar-refractivity contribution in [2.45, 2.75) is 38.6 Å². The van der Waals surface area contributed by atoms with Crippen LogP contribution in [-0.4, -0.2) is 53.4 Å². The number of nitrogens with one attached hydrogen (secondary N) is 1. The smallest absolute Gasteiger partial charge is 0.303 e. The highest BCUT2D eigenvalue weighted by molar-refractivity contribution is 5.78. The van der Waals surface area contributed by atoms with E-state index in [4.69, 9.17) is 14.6 Å². The molecule has 172 valence electrons. The number of hydrogen-bond acceptors (Lipinski definition) is 6. The molecule has 0 saturated carbocycles. The summed E-state index contributed by atoms with van der Waals surface area (Å²) in [5.41, 5.74) is 1.91. The van der Waals surface area contributed by atoms with Gasteiger partial charge in [0.1, 0.15) is 5.75 Å². The molecule has 0 radical (unpaired) electrons. The van der Waals surface area contributed by atoms with Crippen LogP contribution in [0.5, 0.6) is 17.2 Å². The van der Waals surface area contributed by atoms with E-state index in [1.54, 1.807) is 12.1 Å². The maximum atomic E-state index is 12.3. The third-order valence-corrected chi connectivity index (χ3v) is 5.51. The standard InChI is InChI=1S/C24H30N2O6/c1-17(19-6-8-20(27)9-7-19)26(12-2-4-24(29)30)13-3-11-25-23(28)15-18-5-10-21-22(14-18)32-16-31-21/h5-10,14,17,27H,2-4,11-13,15-16H2,1H3,(H,25,28)(H,29,30). The Kier molecular flexibility index (Phi) is 8.33. The van der Waals surface area contributed by atoms with Gasteiger partial charge in [0.05, 0.1) is 6.42 Å². The van der Waals surface area contributed by atoms with E-state index in [0.29, 0.717) is 37.6 Å². The molecule has 3 N–H and O–H groups in total. The lowest BCUT2D eigenvalue weighted by Crippen LogP contribution is -2.33. The minimum absolute atomic E-state index is 0.0622. The highest BCUT2D eigenvalue weighted by Crippen LogP contribution is 2.32. The molecule has 0 fully saturated rings. The number of rotatable bonds is 12. The van der Waals surface area contributed by atoms with E-state index in [0.717, 1.165) is 17.5 Å². The van der Waals surface area contributed by atoms with Gasteiger partial charge >= 0.3 is 5.97 Å². The fraction of sp³-hybridized carbons (Fsp3) is 0.417. The summed E-state index contributed by atoms with van der Waals surface area (Å²) in [6.45, 7) is 4.15. The maximum absolute atomic E-state index is 12.3. The predicted molar refractivity (Wildman–Crippen MR) is 119 cm³/mol. The predicted octanol–water partition coefficient (Wildman–Crippen LogP) is 3.10. The van der Waals surface area contributed by atoms with Gasteiger partial charge in [0.2, 0.25) is 12.7 Å². The monoisotopic (exact) mass is 442 g/mol. The van der Waals surface area contributed by atoms with Gasteiger partial charge in [0.25, 0.3) is 0 Å². The van der Waals surface area contributed by atoms with Crippen molar-refractivity contribution in [1.29, 1.82) is 0 Å². The summed E-state index contributed by atoms with van der Waals surface area (Å²) >= 11 is 0. The van der Waals surface area contributed by atoms with E-state index >= 15 is 0 Å². The van der Waals surface area contributed by atoms with Crippen LogP contribution in [0.1, 0.15) is 43.4 Å². The lowest BCUT2D eigenvalue weighted by atomic mass is 10.1. The summed E-state index contributed by atoms with van der Waals surface area (Å²) in [5.74, 6) is 0.699. The van der Waals surface area contributed by atoms with Gasteiger partial charge in [-0.25, -0.2) is 0 Å². The van der Waals surface area contributed by atoms with E-state index in [-0.39, 0.29) is 37.3 Å². The van der Waals surface area contributed by atoms with Crippen LogP contribution >= 0.6 is 0 Å². The zero-order valence-electron chi connectivity index (χ0n) is 18.3. The first-order valence-electron chi connectivity index (χ1n) is 10.8. The Morgan fingerprint density at radius 2 is 1.78 bits per heavy atom. The molecule has 1 aliphatic heterocycles. The van der Waals surface area contributed by atoms with Crippen molar-refractivity contribution in [3.05, 3.63) is 53.6 Å². The molecule has 2 aromatic carbocycles. The topological polar surface area (TPSA) is 108 Å². The van der Waals surface area contributed by atoms with Crippen LogP contribution < -0.4 is 14.8 Å². The number of hydrogen-bond donors (Lipinski definition) is 3. The number of carbonyl (C=O) groups excluding carboxylic acids is 1. The van der Waals surface area contributed by atoms with Crippen LogP contribution in [-0.2, 0) is 16.0 Å². The van der Waals surface area contributed by atoms with Gasteiger partial charge in [-0.05, 0) is 61.7 Å². The minimum atomic E-state index is -0.807. The summed E-state index contributed by atoms with van der Waals surface area (Å²) in [7, 11) is 0. The number of phenolic OH excluding ortho intramolecular Hbond substituents is 1. The zero-order valence-corrected chi connectivity index (χ0v) is 18.3. The molecule has 32 heavy (non-hydrogen) atoms. The van der Waals surface area contributed by atoms with Gasteiger partial charge in [-0.3, -0.25) is 14.5 Å². The number of fused-ring (bicyclic) bond motifs is 1. The molecule has 1 unspecified atom stereocenters. The van der Waals surface area contributed by atoms with Gasteiger partial charge in [0.15, 0.2) is 11.5 Å². The summed E-state index contributed by atoms with van der Waals surface area (Å²) in [6.07, 6.45) is 1.67. The number of amides is 1. The summed E-state index contributed by atoms with van der Waals surface area (Å²) in [4.78, 5) is 25.4. The molecule has 1 amide bonds. The van der Waals surface area contributed by atoms with Gasteiger partial charge in [0, 0.05) is 25.6 Å². The van der Waals surface area contributed by atoms with E-state index in [9.17, 15) is 14.7 Å². The molecule has 0 spiro atoms. The summed E-state index contributed by atoms with van der Waals surface area (Å²) < 4.78 is 10.6. The molecule has 1 atom stereocenters. The first-order chi connectivity index (χ1) is 15.4. The van der Waals surface area contributed by atoms with Gasteiger partial charge in [-0.15, -0.1) is 0 Å². The lowest BCUT2D eigenvalue weighted by molar-refractivity contribution is -0.137. The van der Waals surface area contributed by atoms with Crippen molar-refractivity contribution in [1.82, 2.24) is 10.2 Å². The van der Waals surface area contributed by atoms with Gasteiger partial charge in [-0.1, -0.05) is 18.2 Å². The van der Waals surface area contributed by atoms with Crippen molar-refractivity contribution in [3.8, 4) is 17.2 Å². The van der Waals surface area contributed by atoms with Crippen LogP contribution in [0.4, 0.5) is 0 Å². The second-order valence-electron chi connectivity index (χ2n) is 7.87. The highest BCUT2D eigenvalue weighted by Gasteiger charge is 2.17. The number of carboxylic acids is 1. The SMILES string of the molecule is CC(c1ccc(O)cc1)N(CCCNC(=O)Cc1ccc2c(c1)OCO2)CCCC(=O)O. The Balaban J connectivity index is 1.47. The molecular formula is C24H30N2O6. The number of ether oxygens (including phenoxy) is 2. The molecule has 0 bridgehead atoms. The van der Waals surface area contributed by atoms with Crippen molar-refractivity contribution in [3.63, 3.8) is 0 Å². The molecule has 2 aromatic rings. The molecule has 0 aliphatic carbocycles. The molecule has 3 rings (SSSR count). The Bertz CT molecular complexity index is 915. The van der Waals surface area contributed by atoms with Crippen LogP contribution in [0.15, 0.2) is 42.5 Å². The van der Waals surface area contributed by atoms with E-state index in [2.05, 4.69) is 17.1 Å². The molecule has 1 heterocycles. The molecular weight excluding hydrogens is 412 g/mol. The van der Waals surface area contributed by atoms with Crippen LogP contribution in [0.3, 0.4) is 0 Å². The lowest BCUT2D eigenvalue weighted by Gasteiger charge is -2.29. The molecule has 0 saturated heterocycles. The van der Waals surface area contributed by atoms with Crippen molar-refractivity contribution in [2.75, 3.05) is 26.4 Å².